The smallest absolute Gasteiger partial charge is 0.335 e. The first-order valence-electron chi connectivity index (χ1n) is 6.59. The van der Waals surface area contributed by atoms with Gasteiger partial charge in [0.1, 0.15) is 0 Å². The molecule has 5 nitrogen and oxygen atoms in total. The van der Waals surface area contributed by atoms with Gasteiger partial charge in [-0.05, 0) is 49.4 Å². The zero-order valence-corrected chi connectivity index (χ0v) is 10.6. The molecule has 0 unspecified atom stereocenters. The molecule has 1 saturated carbocycles. The molecule has 0 aromatic heterocycles. The van der Waals surface area contributed by atoms with Crippen molar-refractivity contribution in [2.45, 2.75) is 31.7 Å². The van der Waals surface area contributed by atoms with E-state index in [9.17, 15) is 9.59 Å². The van der Waals surface area contributed by atoms with Crippen molar-refractivity contribution in [3.05, 3.63) is 29.3 Å². The Morgan fingerprint density at radius 2 is 2.11 bits per heavy atom. The molecule has 2 amide bonds. The monoisotopic (exact) mass is 260 g/mol. The van der Waals surface area contributed by atoms with Crippen LogP contribution in [0.5, 0.6) is 0 Å². The number of carbonyl (C=O) groups excluding carboxylic acids is 1. The Morgan fingerprint density at radius 3 is 2.79 bits per heavy atom. The molecule has 1 heterocycles. The van der Waals surface area contributed by atoms with Crippen molar-refractivity contribution in [3.63, 3.8) is 0 Å². The summed E-state index contributed by atoms with van der Waals surface area (Å²) in [5.74, 6) is -0.928. The third kappa shape index (κ3) is 2.41. The van der Waals surface area contributed by atoms with E-state index in [0.717, 1.165) is 36.9 Å². The Hall–Kier alpha value is -2.04. The molecule has 1 aromatic rings. The molecule has 0 saturated heterocycles. The summed E-state index contributed by atoms with van der Waals surface area (Å²) in [7, 11) is 0. The maximum absolute atomic E-state index is 12.1. The quantitative estimate of drug-likeness (QED) is 0.854. The Kier molecular flexibility index (Phi) is 2.89. The highest BCUT2D eigenvalue weighted by molar-refractivity contribution is 5.95. The highest BCUT2D eigenvalue weighted by Gasteiger charge is 2.28. The van der Waals surface area contributed by atoms with Crippen LogP contribution in [0.2, 0.25) is 0 Å². The summed E-state index contributed by atoms with van der Waals surface area (Å²) in [5, 5.41) is 12.0. The predicted molar refractivity (Wildman–Crippen MR) is 70.6 cm³/mol. The first-order valence-corrected chi connectivity index (χ1v) is 6.59. The number of carboxylic acids is 1. The summed E-state index contributed by atoms with van der Waals surface area (Å²) < 4.78 is 0. The molecular weight excluding hydrogens is 244 g/mol. The van der Waals surface area contributed by atoms with Crippen LogP contribution in [0.15, 0.2) is 18.2 Å². The van der Waals surface area contributed by atoms with Crippen molar-refractivity contribution in [3.8, 4) is 0 Å². The molecule has 0 atom stereocenters. The van der Waals surface area contributed by atoms with Gasteiger partial charge in [0, 0.05) is 18.3 Å². The van der Waals surface area contributed by atoms with E-state index in [1.165, 1.54) is 0 Å². The van der Waals surface area contributed by atoms with Gasteiger partial charge in [-0.3, -0.25) is 4.90 Å². The number of anilines is 1. The van der Waals surface area contributed by atoms with Crippen LogP contribution in [0.25, 0.3) is 0 Å². The third-order valence-corrected chi connectivity index (χ3v) is 3.60. The lowest BCUT2D eigenvalue weighted by Gasteiger charge is -2.29. The maximum atomic E-state index is 12.1. The summed E-state index contributed by atoms with van der Waals surface area (Å²) >= 11 is 0. The van der Waals surface area contributed by atoms with Gasteiger partial charge in [0.25, 0.3) is 0 Å². The highest BCUT2D eigenvalue weighted by Crippen LogP contribution is 2.29. The summed E-state index contributed by atoms with van der Waals surface area (Å²) in [4.78, 5) is 24.8. The second-order valence-electron chi connectivity index (χ2n) is 5.13. The Labute approximate surface area is 111 Å². The normalized spacial score (nSPS) is 17.8. The van der Waals surface area contributed by atoms with Gasteiger partial charge in [-0.2, -0.15) is 0 Å². The number of carbonyl (C=O) groups is 2. The lowest BCUT2D eigenvalue weighted by Crippen LogP contribution is -2.43. The Balaban J connectivity index is 1.86. The number of nitrogens with one attached hydrogen (secondary N) is 1. The highest BCUT2D eigenvalue weighted by atomic mass is 16.4. The van der Waals surface area contributed by atoms with Gasteiger partial charge in [0.2, 0.25) is 0 Å². The number of benzene rings is 1. The number of hydrogen-bond acceptors (Lipinski definition) is 2. The van der Waals surface area contributed by atoms with Crippen molar-refractivity contribution in [2.75, 3.05) is 11.4 Å². The first kappa shape index (κ1) is 12.0. The van der Waals surface area contributed by atoms with E-state index in [0.29, 0.717) is 12.6 Å². The van der Waals surface area contributed by atoms with E-state index in [2.05, 4.69) is 5.32 Å². The molecule has 3 rings (SSSR count). The van der Waals surface area contributed by atoms with Crippen molar-refractivity contribution in [1.29, 1.82) is 0 Å². The Bertz CT molecular complexity index is 537. The van der Waals surface area contributed by atoms with Crippen LogP contribution in [0.4, 0.5) is 10.5 Å². The van der Waals surface area contributed by atoms with E-state index >= 15 is 0 Å². The van der Waals surface area contributed by atoms with Gasteiger partial charge >= 0.3 is 12.0 Å². The SMILES string of the molecule is O=C(O)c1ccc2c(c1)CCCN2C(=O)NC1CC1. The van der Waals surface area contributed by atoms with Crippen LogP contribution in [0.1, 0.15) is 35.2 Å². The van der Waals surface area contributed by atoms with E-state index in [-0.39, 0.29) is 11.6 Å². The standard InChI is InChI=1S/C14H16N2O3/c17-13(18)10-3-6-12-9(8-10)2-1-7-16(12)14(19)15-11-4-5-11/h3,6,8,11H,1-2,4-5,7H2,(H,15,19)(H,17,18). The second-order valence-corrected chi connectivity index (χ2v) is 5.13. The molecule has 0 radical (unpaired) electrons. The molecule has 19 heavy (non-hydrogen) atoms. The molecule has 1 aromatic carbocycles. The van der Waals surface area contributed by atoms with Crippen LogP contribution in [0, 0.1) is 0 Å². The zero-order chi connectivity index (χ0) is 13.4. The lowest BCUT2D eigenvalue weighted by atomic mass is 9.99. The fourth-order valence-corrected chi connectivity index (χ4v) is 2.42. The molecular formula is C14H16N2O3. The van der Waals surface area contributed by atoms with Crippen molar-refractivity contribution >= 4 is 17.7 Å². The average molecular weight is 260 g/mol. The van der Waals surface area contributed by atoms with Crippen LogP contribution >= 0.6 is 0 Å². The largest absolute Gasteiger partial charge is 0.478 e. The number of hydrogen-bond donors (Lipinski definition) is 2. The molecule has 1 aliphatic heterocycles. The minimum Gasteiger partial charge on any atom is -0.478 e. The number of urea groups is 1. The predicted octanol–water partition coefficient (Wildman–Crippen LogP) is 2.01. The van der Waals surface area contributed by atoms with E-state index in [4.69, 9.17) is 5.11 Å². The summed E-state index contributed by atoms with van der Waals surface area (Å²) in [6, 6.07) is 5.24. The molecule has 2 N–H and O–H groups in total. The number of fused-ring (bicyclic) bond motifs is 1. The summed E-state index contributed by atoms with van der Waals surface area (Å²) in [6.45, 7) is 0.692. The maximum Gasteiger partial charge on any atom is 0.335 e. The van der Waals surface area contributed by atoms with Gasteiger partial charge < -0.3 is 10.4 Å². The number of carboxylic acid groups (broad SMARTS) is 1. The van der Waals surface area contributed by atoms with Gasteiger partial charge in [-0.15, -0.1) is 0 Å². The number of nitrogens with zero attached hydrogens (tertiary/aromatic N) is 1. The van der Waals surface area contributed by atoms with E-state index < -0.39 is 5.97 Å². The Morgan fingerprint density at radius 1 is 1.32 bits per heavy atom. The number of aryl methyl sites for hydroxylation is 1. The molecule has 100 valence electrons. The van der Waals surface area contributed by atoms with Gasteiger partial charge in [0.15, 0.2) is 0 Å². The van der Waals surface area contributed by atoms with Crippen molar-refractivity contribution in [1.82, 2.24) is 5.32 Å². The number of amides is 2. The van der Waals surface area contributed by atoms with Gasteiger partial charge in [0.05, 0.1) is 5.56 Å². The second kappa shape index (κ2) is 4.57. The van der Waals surface area contributed by atoms with Gasteiger partial charge in [-0.25, -0.2) is 9.59 Å². The van der Waals surface area contributed by atoms with Crippen LogP contribution in [-0.2, 0) is 6.42 Å². The summed E-state index contributed by atoms with van der Waals surface area (Å²) in [6.07, 6.45) is 3.81. The van der Waals surface area contributed by atoms with Crippen LogP contribution < -0.4 is 10.2 Å². The van der Waals surface area contributed by atoms with Gasteiger partial charge in [-0.1, -0.05) is 0 Å². The van der Waals surface area contributed by atoms with E-state index in [1.54, 1.807) is 23.1 Å². The zero-order valence-electron chi connectivity index (χ0n) is 10.6. The van der Waals surface area contributed by atoms with E-state index in [1.807, 2.05) is 0 Å². The van der Waals surface area contributed by atoms with Crippen molar-refractivity contribution < 1.29 is 14.7 Å². The topological polar surface area (TPSA) is 69.6 Å². The third-order valence-electron chi connectivity index (χ3n) is 3.60. The lowest BCUT2D eigenvalue weighted by molar-refractivity contribution is 0.0696. The molecule has 0 spiro atoms. The number of rotatable bonds is 2. The molecule has 2 aliphatic rings. The number of aromatic carboxylic acids is 1. The molecule has 0 bridgehead atoms. The summed E-state index contributed by atoms with van der Waals surface area (Å²) in [5.41, 5.74) is 2.06. The minimum absolute atomic E-state index is 0.0634. The van der Waals surface area contributed by atoms with Crippen LogP contribution in [-0.4, -0.2) is 29.7 Å². The molecule has 1 aliphatic carbocycles. The first-order chi connectivity index (χ1) is 9.15. The van der Waals surface area contributed by atoms with Crippen molar-refractivity contribution in [2.24, 2.45) is 0 Å². The molecule has 5 heteroatoms. The fraction of sp³-hybridized carbons (Fsp3) is 0.429. The fourth-order valence-electron chi connectivity index (χ4n) is 2.42. The molecule has 1 fully saturated rings. The van der Waals surface area contributed by atoms with Crippen LogP contribution in [0.3, 0.4) is 0 Å². The minimum atomic E-state index is -0.928. The average Bonchev–Trinajstić information content (AvgIpc) is 3.21.